The van der Waals surface area contributed by atoms with Crippen LogP contribution in [0.3, 0.4) is 0 Å². The summed E-state index contributed by atoms with van der Waals surface area (Å²) in [6.45, 7) is 5.26. The number of hydrogen-bond donors (Lipinski definition) is 1. The van der Waals surface area contributed by atoms with Crippen molar-refractivity contribution in [3.8, 4) is 0 Å². The molecule has 0 saturated carbocycles. The lowest BCUT2D eigenvalue weighted by Crippen LogP contribution is -2.38. The lowest BCUT2D eigenvalue weighted by molar-refractivity contribution is -0.125. The number of benzene rings is 2. The number of esters is 1. The van der Waals surface area contributed by atoms with Crippen molar-refractivity contribution in [2.24, 2.45) is 5.92 Å². The van der Waals surface area contributed by atoms with E-state index < -0.39 is 28.5 Å². The maximum absolute atomic E-state index is 12.9. The fourth-order valence-electron chi connectivity index (χ4n) is 2.43. The number of nitrogens with one attached hydrogen (secondary N) is 1. The van der Waals surface area contributed by atoms with Crippen LogP contribution in [0, 0.1) is 5.92 Å². The van der Waals surface area contributed by atoms with E-state index in [9.17, 15) is 18.0 Å². The molecule has 162 valence electrons. The Balaban J connectivity index is 2.18. The zero-order valence-electron chi connectivity index (χ0n) is 17.3. The van der Waals surface area contributed by atoms with Crippen LogP contribution < -0.4 is 9.62 Å². The highest BCUT2D eigenvalue weighted by Gasteiger charge is 2.24. The minimum absolute atomic E-state index is 0.0253. The summed E-state index contributed by atoms with van der Waals surface area (Å²) in [6.07, 6.45) is 0. The molecule has 0 fully saturated rings. The van der Waals surface area contributed by atoms with E-state index >= 15 is 0 Å². The molecule has 1 N–H and O–H groups in total. The second-order valence-electron chi connectivity index (χ2n) is 7.13. The largest absolute Gasteiger partial charge is 0.452 e. The molecule has 2 aromatic carbocycles. The van der Waals surface area contributed by atoms with Gasteiger partial charge in [0.15, 0.2) is 6.61 Å². The van der Waals surface area contributed by atoms with Crippen molar-refractivity contribution < 1.29 is 22.7 Å². The number of para-hydroxylation sites is 1. The monoisotopic (exact) mass is 452 g/mol. The molecule has 0 aliphatic heterocycles. The van der Waals surface area contributed by atoms with Crippen molar-refractivity contribution in [1.82, 2.24) is 5.32 Å². The highest BCUT2D eigenvalue weighted by Crippen LogP contribution is 2.26. The third-order valence-electron chi connectivity index (χ3n) is 4.66. The van der Waals surface area contributed by atoms with Crippen LogP contribution in [0.25, 0.3) is 0 Å². The summed E-state index contributed by atoms with van der Waals surface area (Å²) in [5.74, 6) is -1.11. The van der Waals surface area contributed by atoms with Crippen molar-refractivity contribution in [3.63, 3.8) is 0 Å². The Kier molecular flexibility index (Phi) is 7.86. The number of hydrogen-bond acceptors (Lipinski definition) is 5. The lowest BCUT2D eigenvalue weighted by atomic mass is 10.1. The summed E-state index contributed by atoms with van der Waals surface area (Å²) in [5, 5.41) is 2.74. The summed E-state index contributed by atoms with van der Waals surface area (Å²) in [6, 6.07) is 12.2. The normalized spacial score (nSPS) is 12.3. The molecular formula is C21H25ClN2O5S. The predicted octanol–water partition coefficient (Wildman–Crippen LogP) is 3.48. The first-order valence-corrected chi connectivity index (χ1v) is 11.2. The zero-order valence-corrected chi connectivity index (χ0v) is 18.8. The van der Waals surface area contributed by atoms with E-state index in [0.717, 1.165) is 10.4 Å². The standard InChI is InChI=1S/C21H25ClN2O5S/c1-14(2)15(3)23-20(25)13-29-21(26)18-12-17(10-11-19(18)22)30(27,28)24(4)16-8-6-5-7-9-16/h5-12,14-15H,13H2,1-4H3,(H,23,25)/t15-/m1/s1. The Morgan fingerprint density at radius 1 is 1.10 bits per heavy atom. The van der Waals surface area contributed by atoms with E-state index in [-0.39, 0.29) is 27.4 Å². The van der Waals surface area contributed by atoms with Gasteiger partial charge in [-0.25, -0.2) is 13.2 Å². The molecule has 1 atom stereocenters. The first kappa shape index (κ1) is 23.7. The molecule has 0 bridgehead atoms. The molecule has 1 amide bonds. The summed E-state index contributed by atoms with van der Waals surface area (Å²) in [4.78, 5) is 24.2. The maximum Gasteiger partial charge on any atom is 0.340 e. The minimum Gasteiger partial charge on any atom is -0.452 e. The molecule has 0 radical (unpaired) electrons. The topological polar surface area (TPSA) is 92.8 Å². The molecule has 0 saturated heterocycles. The molecule has 0 spiro atoms. The van der Waals surface area contributed by atoms with Gasteiger partial charge in [0.2, 0.25) is 0 Å². The molecule has 2 aromatic rings. The van der Waals surface area contributed by atoms with Crippen LogP contribution >= 0.6 is 11.6 Å². The van der Waals surface area contributed by atoms with Gasteiger partial charge in [-0.1, -0.05) is 43.6 Å². The Morgan fingerprint density at radius 3 is 2.33 bits per heavy atom. The molecule has 7 nitrogen and oxygen atoms in total. The van der Waals surface area contributed by atoms with Crippen LogP contribution in [-0.2, 0) is 19.6 Å². The van der Waals surface area contributed by atoms with E-state index in [1.807, 2.05) is 20.8 Å². The fourth-order valence-corrected chi connectivity index (χ4v) is 3.84. The number of nitrogens with zero attached hydrogens (tertiary/aromatic N) is 1. The number of rotatable bonds is 8. The lowest BCUT2D eigenvalue weighted by Gasteiger charge is -2.20. The molecule has 30 heavy (non-hydrogen) atoms. The van der Waals surface area contributed by atoms with Gasteiger partial charge in [-0.05, 0) is 43.2 Å². The smallest absolute Gasteiger partial charge is 0.340 e. The highest BCUT2D eigenvalue weighted by molar-refractivity contribution is 7.92. The van der Waals surface area contributed by atoms with E-state index in [1.54, 1.807) is 30.3 Å². The van der Waals surface area contributed by atoms with Gasteiger partial charge in [0.1, 0.15) is 0 Å². The molecule has 2 rings (SSSR count). The van der Waals surface area contributed by atoms with Gasteiger partial charge in [-0.15, -0.1) is 0 Å². The quantitative estimate of drug-likeness (QED) is 0.619. The highest BCUT2D eigenvalue weighted by atomic mass is 35.5. The first-order chi connectivity index (χ1) is 14.0. The minimum atomic E-state index is -3.93. The number of anilines is 1. The Bertz CT molecular complexity index is 1010. The average molecular weight is 453 g/mol. The Hall–Kier alpha value is -2.58. The Labute approximate surface area is 182 Å². The molecule has 0 heterocycles. The van der Waals surface area contributed by atoms with Crippen molar-refractivity contribution in [1.29, 1.82) is 0 Å². The van der Waals surface area contributed by atoms with Gasteiger partial charge in [-0.3, -0.25) is 9.10 Å². The second kappa shape index (κ2) is 9.95. The number of ether oxygens (including phenoxy) is 1. The molecular weight excluding hydrogens is 428 g/mol. The third-order valence-corrected chi connectivity index (χ3v) is 6.77. The van der Waals surface area contributed by atoms with Crippen molar-refractivity contribution in [3.05, 3.63) is 59.1 Å². The second-order valence-corrected chi connectivity index (χ2v) is 9.50. The van der Waals surface area contributed by atoms with Gasteiger partial charge < -0.3 is 10.1 Å². The maximum atomic E-state index is 12.9. The Morgan fingerprint density at radius 2 is 1.73 bits per heavy atom. The van der Waals surface area contributed by atoms with Crippen molar-refractivity contribution in [2.75, 3.05) is 18.0 Å². The van der Waals surface area contributed by atoms with E-state index in [2.05, 4.69) is 5.32 Å². The van der Waals surface area contributed by atoms with Gasteiger partial charge in [0.05, 0.1) is 21.2 Å². The van der Waals surface area contributed by atoms with E-state index in [4.69, 9.17) is 16.3 Å². The fraction of sp³-hybridized carbons (Fsp3) is 0.333. The number of carbonyl (C=O) groups is 2. The average Bonchev–Trinajstić information content (AvgIpc) is 2.72. The summed E-state index contributed by atoms with van der Waals surface area (Å²) < 4.78 is 32.0. The summed E-state index contributed by atoms with van der Waals surface area (Å²) in [7, 11) is -2.52. The molecule has 0 aliphatic carbocycles. The number of halogens is 1. The van der Waals surface area contributed by atoms with Crippen molar-refractivity contribution in [2.45, 2.75) is 31.7 Å². The molecule has 9 heteroatoms. The van der Waals surface area contributed by atoms with Crippen LogP contribution in [0.15, 0.2) is 53.4 Å². The van der Waals surface area contributed by atoms with Gasteiger partial charge >= 0.3 is 5.97 Å². The van der Waals surface area contributed by atoms with Crippen LogP contribution in [0.4, 0.5) is 5.69 Å². The first-order valence-electron chi connectivity index (χ1n) is 9.34. The molecule has 0 aromatic heterocycles. The summed E-state index contributed by atoms with van der Waals surface area (Å²) >= 11 is 6.07. The molecule has 0 unspecified atom stereocenters. The van der Waals surface area contributed by atoms with Gasteiger partial charge in [0, 0.05) is 13.1 Å². The van der Waals surface area contributed by atoms with Gasteiger partial charge in [0.25, 0.3) is 15.9 Å². The van der Waals surface area contributed by atoms with Crippen LogP contribution in [-0.4, -0.2) is 40.0 Å². The SMILES string of the molecule is CC(C)[C@@H](C)NC(=O)COC(=O)c1cc(S(=O)(=O)N(C)c2ccccc2)ccc1Cl. The number of carbonyl (C=O) groups excluding carboxylic acids is 2. The predicted molar refractivity (Wildman–Crippen MR) is 116 cm³/mol. The third kappa shape index (κ3) is 5.73. The summed E-state index contributed by atoms with van der Waals surface area (Å²) in [5.41, 5.74) is 0.330. The zero-order chi connectivity index (χ0) is 22.5. The van der Waals surface area contributed by atoms with Crippen LogP contribution in [0.1, 0.15) is 31.1 Å². The number of sulfonamides is 1. The molecule has 0 aliphatic rings. The number of amides is 1. The van der Waals surface area contributed by atoms with E-state index in [0.29, 0.717) is 5.69 Å². The van der Waals surface area contributed by atoms with Crippen LogP contribution in [0.2, 0.25) is 5.02 Å². The van der Waals surface area contributed by atoms with Crippen molar-refractivity contribution >= 4 is 39.2 Å². The van der Waals surface area contributed by atoms with Gasteiger partial charge in [-0.2, -0.15) is 0 Å². The van der Waals surface area contributed by atoms with E-state index in [1.165, 1.54) is 19.2 Å². The van der Waals surface area contributed by atoms with Crippen LogP contribution in [0.5, 0.6) is 0 Å².